The number of aliphatic imine (C=N–C) groups is 1. The van der Waals surface area contributed by atoms with Gasteiger partial charge in [-0.15, -0.1) is 24.0 Å². The van der Waals surface area contributed by atoms with Gasteiger partial charge in [0.15, 0.2) is 5.96 Å². The van der Waals surface area contributed by atoms with Crippen LogP contribution in [0.5, 0.6) is 0 Å². The molecule has 1 aromatic heterocycles. The highest BCUT2D eigenvalue weighted by Gasteiger charge is 2.09. The molecule has 1 N–H and O–H groups in total. The molecule has 0 bridgehead atoms. The van der Waals surface area contributed by atoms with Gasteiger partial charge in [-0.3, -0.25) is 4.99 Å². The number of hydrogen-bond acceptors (Lipinski definition) is 3. The monoisotopic (exact) mass is 428 g/mol. The predicted octanol–water partition coefficient (Wildman–Crippen LogP) is 1.09. The average molecular weight is 428 g/mol. The zero-order chi connectivity index (χ0) is 15.2. The van der Waals surface area contributed by atoms with E-state index in [1.807, 2.05) is 38.2 Å². The van der Waals surface area contributed by atoms with Crippen LogP contribution in [-0.4, -0.2) is 56.0 Å². The first-order valence-corrected chi connectivity index (χ1v) is 8.67. The van der Waals surface area contributed by atoms with Crippen molar-refractivity contribution in [3.63, 3.8) is 0 Å². The second-order valence-corrected chi connectivity index (χ2v) is 7.09. The Labute approximate surface area is 144 Å². The van der Waals surface area contributed by atoms with Crippen LogP contribution in [0.15, 0.2) is 23.3 Å². The smallest absolute Gasteiger partial charge is 0.194 e. The molecule has 21 heavy (non-hydrogen) atoms. The van der Waals surface area contributed by atoms with E-state index in [1.54, 1.807) is 0 Å². The zero-order valence-electron chi connectivity index (χ0n) is 13.0. The second-order valence-electron chi connectivity index (χ2n) is 4.83. The maximum Gasteiger partial charge on any atom is 0.194 e. The molecule has 0 aliphatic heterocycles. The van der Waals surface area contributed by atoms with Crippen molar-refractivity contribution < 1.29 is 8.42 Å². The molecule has 1 aromatic rings. The SMILES string of the molecule is CCNC(=NCCS(C)(=O)=O)N(C)Cc1cccn1C.I. The Morgan fingerprint density at radius 2 is 2.14 bits per heavy atom. The summed E-state index contributed by atoms with van der Waals surface area (Å²) in [7, 11) is 0.962. The molecule has 0 spiro atoms. The van der Waals surface area contributed by atoms with E-state index in [4.69, 9.17) is 0 Å². The number of nitrogens with zero attached hydrogens (tertiary/aromatic N) is 3. The number of aromatic nitrogens is 1. The van der Waals surface area contributed by atoms with Gasteiger partial charge in [0.25, 0.3) is 0 Å². The minimum absolute atomic E-state index is 0. The summed E-state index contributed by atoms with van der Waals surface area (Å²) in [5, 5.41) is 3.17. The van der Waals surface area contributed by atoms with Crippen LogP contribution >= 0.6 is 24.0 Å². The normalized spacial score (nSPS) is 11.9. The van der Waals surface area contributed by atoms with Gasteiger partial charge >= 0.3 is 0 Å². The molecule has 1 rings (SSSR count). The van der Waals surface area contributed by atoms with Gasteiger partial charge in [0.1, 0.15) is 9.84 Å². The van der Waals surface area contributed by atoms with Crippen LogP contribution in [0.3, 0.4) is 0 Å². The summed E-state index contributed by atoms with van der Waals surface area (Å²) in [6.45, 7) is 3.73. The first-order valence-electron chi connectivity index (χ1n) is 6.61. The lowest BCUT2D eigenvalue weighted by Crippen LogP contribution is -2.39. The van der Waals surface area contributed by atoms with Crippen molar-refractivity contribution >= 4 is 39.8 Å². The Hall–Kier alpha value is -0.770. The van der Waals surface area contributed by atoms with E-state index in [1.165, 1.54) is 11.9 Å². The molecule has 0 aliphatic carbocycles. The summed E-state index contributed by atoms with van der Waals surface area (Å²) in [4.78, 5) is 6.34. The van der Waals surface area contributed by atoms with Crippen LogP contribution in [-0.2, 0) is 23.4 Å². The molecule has 0 amide bonds. The number of guanidine groups is 1. The van der Waals surface area contributed by atoms with Gasteiger partial charge in [-0.05, 0) is 19.1 Å². The molecule has 0 saturated heterocycles. The molecule has 6 nitrogen and oxygen atoms in total. The fourth-order valence-corrected chi connectivity index (χ4v) is 2.19. The largest absolute Gasteiger partial charge is 0.357 e. The van der Waals surface area contributed by atoms with E-state index in [0.717, 1.165) is 12.5 Å². The summed E-state index contributed by atoms with van der Waals surface area (Å²) in [6.07, 6.45) is 3.22. The van der Waals surface area contributed by atoms with Crippen molar-refractivity contribution in [3.8, 4) is 0 Å². The molecule has 0 unspecified atom stereocenters. The van der Waals surface area contributed by atoms with Crippen molar-refractivity contribution in [1.82, 2.24) is 14.8 Å². The van der Waals surface area contributed by atoms with Crippen LogP contribution < -0.4 is 5.32 Å². The quantitative estimate of drug-likeness (QED) is 0.419. The third-order valence-corrected chi connectivity index (χ3v) is 3.79. The molecule has 1 heterocycles. The van der Waals surface area contributed by atoms with Crippen LogP contribution in [0.4, 0.5) is 0 Å². The molecule has 122 valence electrons. The lowest BCUT2D eigenvalue weighted by Gasteiger charge is -2.22. The second kappa shape index (κ2) is 9.29. The van der Waals surface area contributed by atoms with E-state index < -0.39 is 9.84 Å². The van der Waals surface area contributed by atoms with Gasteiger partial charge in [-0.1, -0.05) is 0 Å². The third kappa shape index (κ3) is 7.70. The molecular weight excluding hydrogens is 403 g/mol. The molecule has 0 atom stereocenters. The maximum absolute atomic E-state index is 11.1. The van der Waals surface area contributed by atoms with Gasteiger partial charge in [0.05, 0.1) is 18.8 Å². The Balaban J connectivity index is 0.00000400. The Morgan fingerprint density at radius 3 is 2.62 bits per heavy atom. The van der Waals surface area contributed by atoms with Crippen LogP contribution in [0.2, 0.25) is 0 Å². The van der Waals surface area contributed by atoms with Gasteiger partial charge < -0.3 is 14.8 Å². The molecule has 0 aromatic carbocycles. The number of hydrogen-bond donors (Lipinski definition) is 1. The molecule has 0 saturated carbocycles. The highest BCUT2D eigenvalue weighted by atomic mass is 127. The van der Waals surface area contributed by atoms with Gasteiger partial charge in [0, 0.05) is 38.8 Å². The standard InChI is InChI=1S/C13H24N4O2S.HI/c1-5-14-13(15-8-10-20(4,18)19)17(3)11-12-7-6-9-16(12)2;/h6-7,9H,5,8,10-11H2,1-4H3,(H,14,15);1H. The predicted molar refractivity (Wildman–Crippen MR) is 98.0 cm³/mol. The summed E-state index contributed by atoms with van der Waals surface area (Å²) in [5.41, 5.74) is 1.17. The number of nitrogens with one attached hydrogen (secondary N) is 1. The minimum Gasteiger partial charge on any atom is -0.357 e. The summed E-state index contributed by atoms with van der Waals surface area (Å²) in [5.74, 6) is 0.789. The van der Waals surface area contributed by atoms with E-state index in [-0.39, 0.29) is 36.3 Å². The van der Waals surface area contributed by atoms with Crippen molar-refractivity contribution in [1.29, 1.82) is 0 Å². The van der Waals surface area contributed by atoms with Gasteiger partial charge in [-0.25, -0.2) is 8.42 Å². The van der Waals surface area contributed by atoms with Crippen LogP contribution in [0.1, 0.15) is 12.6 Å². The molecular formula is C13H25IN4O2S. The van der Waals surface area contributed by atoms with E-state index in [0.29, 0.717) is 6.54 Å². The Morgan fingerprint density at radius 1 is 1.48 bits per heavy atom. The van der Waals surface area contributed by atoms with Crippen molar-refractivity contribution in [2.24, 2.45) is 12.0 Å². The average Bonchev–Trinajstić information content (AvgIpc) is 2.72. The molecule has 8 heteroatoms. The van der Waals surface area contributed by atoms with E-state index >= 15 is 0 Å². The topological polar surface area (TPSA) is 66.7 Å². The third-order valence-electron chi connectivity index (χ3n) is 2.87. The molecule has 0 aliphatic rings. The number of rotatable bonds is 6. The van der Waals surface area contributed by atoms with E-state index in [9.17, 15) is 8.42 Å². The maximum atomic E-state index is 11.1. The summed E-state index contributed by atoms with van der Waals surface area (Å²) in [6, 6.07) is 4.05. The highest BCUT2D eigenvalue weighted by Crippen LogP contribution is 2.03. The van der Waals surface area contributed by atoms with E-state index in [2.05, 4.69) is 20.9 Å². The zero-order valence-corrected chi connectivity index (χ0v) is 16.2. The lowest BCUT2D eigenvalue weighted by atomic mass is 10.4. The Kier molecular flexibility index (Phi) is 8.95. The van der Waals surface area contributed by atoms with Gasteiger partial charge in [-0.2, -0.15) is 0 Å². The molecule has 0 fully saturated rings. The lowest BCUT2D eigenvalue weighted by molar-refractivity contribution is 0.462. The van der Waals surface area contributed by atoms with Crippen molar-refractivity contribution in [2.45, 2.75) is 13.5 Å². The number of sulfone groups is 1. The van der Waals surface area contributed by atoms with Crippen LogP contribution in [0, 0.1) is 0 Å². The number of halogens is 1. The van der Waals surface area contributed by atoms with Crippen molar-refractivity contribution in [2.75, 3.05) is 32.1 Å². The highest BCUT2D eigenvalue weighted by molar-refractivity contribution is 14.0. The first-order chi connectivity index (χ1) is 9.33. The fraction of sp³-hybridized carbons (Fsp3) is 0.615. The number of aryl methyl sites for hydroxylation is 1. The summed E-state index contributed by atoms with van der Waals surface area (Å²) >= 11 is 0. The Bertz CT molecular complexity index is 554. The molecule has 0 radical (unpaired) electrons. The first kappa shape index (κ1) is 20.2. The van der Waals surface area contributed by atoms with Gasteiger partial charge in [0.2, 0.25) is 0 Å². The fourth-order valence-electron chi connectivity index (χ4n) is 1.77. The van der Waals surface area contributed by atoms with Crippen LogP contribution in [0.25, 0.3) is 0 Å². The van der Waals surface area contributed by atoms with Crippen molar-refractivity contribution in [3.05, 3.63) is 24.0 Å². The summed E-state index contributed by atoms with van der Waals surface area (Å²) < 4.78 is 24.3. The minimum atomic E-state index is -2.97.